The number of carbonyl (C=O) groups is 2. The number of piperidine rings is 2. The number of nitrogens with one attached hydrogen (secondary N) is 1. The molecule has 2 heterocycles. The second-order valence-electron chi connectivity index (χ2n) is 5.39. The summed E-state index contributed by atoms with van der Waals surface area (Å²) in [5.41, 5.74) is 5.64. The van der Waals surface area contributed by atoms with Crippen molar-refractivity contribution in [2.24, 2.45) is 17.6 Å². The predicted octanol–water partition coefficient (Wildman–Crippen LogP) is 0.0984. The molecule has 0 bridgehead atoms. The predicted molar refractivity (Wildman–Crippen MR) is 68.7 cm³/mol. The minimum Gasteiger partial charge on any atom is -0.353 e. The summed E-state index contributed by atoms with van der Waals surface area (Å²) in [6.07, 6.45) is 3.18. The molecule has 0 aliphatic carbocycles. The van der Waals surface area contributed by atoms with Crippen LogP contribution in [0.15, 0.2) is 0 Å². The fourth-order valence-electron chi connectivity index (χ4n) is 3.01. The number of hydrogen-bond acceptors (Lipinski definition) is 3. The first kappa shape index (κ1) is 13.3. The molecule has 5 heteroatoms. The van der Waals surface area contributed by atoms with Gasteiger partial charge in [0.15, 0.2) is 0 Å². The monoisotopic (exact) mass is 253 g/mol. The molecule has 2 saturated heterocycles. The second-order valence-corrected chi connectivity index (χ2v) is 5.39. The van der Waals surface area contributed by atoms with E-state index in [1.54, 1.807) is 0 Å². The Hall–Kier alpha value is -1.10. The van der Waals surface area contributed by atoms with Gasteiger partial charge < -0.3 is 16.0 Å². The zero-order chi connectivity index (χ0) is 13.1. The number of hydrogen-bond donors (Lipinski definition) is 2. The minimum atomic E-state index is -0.0419. The molecule has 0 spiro atoms. The van der Waals surface area contributed by atoms with Crippen LogP contribution in [0.4, 0.5) is 0 Å². The molecular formula is C13H23N3O2. The van der Waals surface area contributed by atoms with Crippen LogP contribution < -0.4 is 11.1 Å². The minimum absolute atomic E-state index is 0.0419. The zero-order valence-corrected chi connectivity index (χ0v) is 11.0. The Morgan fingerprint density at radius 3 is 3.00 bits per heavy atom. The van der Waals surface area contributed by atoms with E-state index in [1.165, 1.54) is 0 Å². The summed E-state index contributed by atoms with van der Waals surface area (Å²) in [6.45, 7) is 3.96. The Morgan fingerprint density at radius 1 is 1.56 bits per heavy atom. The molecule has 3 N–H and O–H groups in total. The van der Waals surface area contributed by atoms with Gasteiger partial charge in [-0.2, -0.15) is 0 Å². The molecule has 5 nitrogen and oxygen atoms in total. The SMILES string of the molecule is CCC(CN)C(=O)N1CCC2NC(=O)CCC2C1. The highest BCUT2D eigenvalue weighted by Gasteiger charge is 2.36. The first-order valence-electron chi connectivity index (χ1n) is 6.94. The third-order valence-corrected chi connectivity index (χ3v) is 4.26. The average Bonchev–Trinajstić information content (AvgIpc) is 2.39. The lowest BCUT2D eigenvalue weighted by Gasteiger charge is -2.42. The van der Waals surface area contributed by atoms with Gasteiger partial charge in [0.2, 0.25) is 11.8 Å². The topological polar surface area (TPSA) is 75.4 Å². The van der Waals surface area contributed by atoms with E-state index >= 15 is 0 Å². The van der Waals surface area contributed by atoms with Crippen LogP contribution in [0.3, 0.4) is 0 Å². The lowest BCUT2D eigenvalue weighted by atomic mass is 9.84. The van der Waals surface area contributed by atoms with E-state index in [2.05, 4.69) is 5.32 Å². The van der Waals surface area contributed by atoms with Crippen molar-refractivity contribution in [3.63, 3.8) is 0 Å². The number of nitrogens with zero attached hydrogens (tertiary/aromatic N) is 1. The van der Waals surface area contributed by atoms with Crippen molar-refractivity contribution in [2.75, 3.05) is 19.6 Å². The molecule has 2 aliphatic heterocycles. The van der Waals surface area contributed by atoms with Crippen molar-refractivity contribution >= 4 is 11.8 Å². The van der Waals surface area contributed by atoms with Gasteiger partial charge in [-0.15, -0.1) is 0 Å². The maximum Gasteiger partial charge on any atom is 0.226 e. The number of carbonyl (C=O) groups excluding carboxylic acids is 2. The van der Waals surface area contributed by atoms with Gasteiger partial charge in [-0.05, 0) is 25.2 Å². The zero-order valence-electron chi connectivity index (χ0n) is 11.0. The largest absolute Gasteiger partial charge is 0.353 e. The highest BCUT2D eigenvalue weighted by molar-refractivity contribution is 5.80. The molecule has 2 rings (SSSR count). The quantitative estimate of drug-likeness (QED) is 0.749. The number of nitrogens with two attached hydrogens (primary N) is 1. The first-order valence-corrected chi connectivity index (χ1v) is 6.94. The van der Waals surface area contributed by atoms with Gasteiger partial charge in [-0.3, -0.25) is 9.59 Å². The van der Waals surface area contributed by atoms with Gasteiger partial charge in [0.25, 0.3) is 0 Å². The Bertz CT molecular complexity index is 328. The summed E-state index contributed by atoms with van der Waals surface area (Å²) < 4.78 is 0. The van der Waals surface area contributed by atoms with E-state index in [0.717, 1.165) is 32.4 Å². The van der Waals surface area contributed by atoms with E-state index in [4.69, 9.17) is 5.73 Å². The van der Waals surface area contributed by atoms with Crippen LogP contribution >= 0.6 is 0 Å². The van der Waals surface area contributed by atoms with Gasteiger partial charge in [0.1, 0.15) is 0 Å². The maximum absolute atomic E-state index is 12.3. The van der Waals surface area contributed by atoms with Crippen molar-refractivity contribution in [1.82, 2.24) is 10.2 Å². The summed E-state index contributed by atoms with van der Waals surface area (Å²) >= 11 is 0. The molecule has 0 aromatic carbocycles. The summed E-state index contributed by atoms with van der Waals surface area (Å²) in [5, 5.41) is 3.03. The van der Waals surface area contributed by atoms with Crippen LogP contribution in [0.25, 0.3) is 0 Å². The van der Waals surface area contributed by atoms with Gasteiger partial charge in [0, 0.05) is 32.1 Å². The number of amides is 2. The summed E-state index contributed by atoms with van der Waals surface area (Å²) in [4.78, 5) is 25.5. The Morgan fingerprint density at radius 2 is 2.33 bits per heavy atom. The molecule has 2 aliphatic rings. The van der Waals surface area contributed by atoms with Crippen LogP contribution in [-0.4, -0.2) is 42.4 Å². The van der Waals surface area contributed by atoms with Crippen LogP contribution in [0.2, 0.25) is 0 Å². The van der Waals surface area contributed by atoms with Gasteiger partial charge in [0.05, 0.1) is 5.92 Å². The lowest BCUT2D eigenvalue weighted by Crippen LogP contribution is -2.56. The first-order chi connectivity index (χ1) is 8.65. The summed E-state index contributed by atoms with van der Waals surface area (Å²) in [6, 6.07) is 0.272. The molecule has 3 unspecified atom stereocenters. The third-order valence-electron chi connectivity index (χ3n) is 4.26. The van der Waals surface area contributed by atoms with Gasteiger partial charge >= 0.3 is 0 Å². The number of rotatable bonds is 3. The molecule has 0 aromatic heterocycles. The smallest absolute Gasteiger partial charge is 0.226 e. The fraction of sp³-hybridized carbons (Fsp3) is 0.846. The number of likely N-dealkylation sites (tertiary alicyclic amines) is 1. The molecule has 2 amide bonds. The van der Waals surface area contributed by atoms with Crippen molar-refractivity contribution < 1.29 is 9.59 Å². The normalized spacial score (nSPS) is 29.4. The highest BCUT2D eigenvalue weighted by atomic mass is 16.2. The summed E-state index contributed by atoms with van der Waals surface area (Å²) in [5.74, 6) is 0.732. The second kappa shape index (κ2) is 5.69. The third kappa shape index (κ3) is 2.66. The molecule has 2 fully saturated rings. The Balaban J connectivity index is 1.94. The van der Waals surface area contributed by atoms with E-state index in [0.29, 0.717) is 18.9 Å². The molecule has 0 saturated carbocycles. The van der Waals surface area contributed by atoms with Crippen LogP contribution in [0.5, 0.6) is 0 Å². The molecule has 3 atom stereocenters. The van der Waals surface area contributed by atoms with Gasteiger partial charge in [-0.1, -0.05) is 6.92 Å². The number of fused-ring (bicyclic) bond motifs is 1. The molecule has 18 heavy (non-hydrogen) atoms. The molecular weight excluding hydrogens is 230 g/mol. The standard InChI is InChI=1S/C13H23N3O2/c1-2-9(7-14)13(18)16-6-5-11-10(8-16)3-4-12(17)15-11/h9-11H,2-8,14H2,1H3,(H,15,17). The Kier molecular flexibility index (Phi) is 4.22. The highest BCUT2D eigenvalue weighted by Crippen LogP contribution is 2.26. The maximum atomic E-state index is 12.3. The summed E-state index contributed by atoms with van der Waals surface area (Å²) in [7, 11) is 0. The molecule has 0 radical (unpaired) electrons. The van der Waals surface area contributed by atoms with E-state index in [-0.39, 0.29) is 23.8 Å². The van der Waals surface area contributed by atoms with Gasteiger partial charge in [-0.25, -0.2) is 0 Å². The lowest BCUT2D eigenvalue weighted by molar-refractivity contribution is -0.138. The van der Waals surface area contributed by atoms with E-state index in [1.807, 2.05) is 11.8 Å². The van der Waals surface area contributed by atoms with E-state index < -0.39 is 0 Å². The Labute approximate surface area is 108 Å². The average molecular weight is 253 g/mol. The van der Waals surface area contributed by atoms with Crippen molar-refractivity contribution in [3.05, 3.63) is 0 Å². The van der Waals surface area contributed by atoms with Crippen LogP contribution in [0.1, 0.15) is 32.6 Å². The van der Waals surface area contributed by atoms with Crippen LogP contribution in [0, 0.1) is 11.8 Å². The molecule has 0 aromatic rings. The van der Waals surface area contributed by atoms with Crippen molar-refractivity contribution in [3.8, 4) is 0 Å². The van der Waals surface area contributed by atoms with Crippen LogP contribution in [-0.2, 0) is 9.59 Å². The van der Waals surface area contributed by atoms with E-state index in [9.17, 15) is 9.59 Å². The van der Waals surface area contributed by atoms with Crippen molar-refractivity contribution in [2.45, 2.75) is 38.6 Å². The van der Waals surface area contributed by atoms with Crippen molar-refractivity contribution in [1.29, 1.82) is 0 Å². The molecule has 102 valence electrons. The fourth-order valence-corrected chi connectivity index (χ4v) is 3.01.